The van der Waals surface area contributed by atoms with Crippen molar-refractivity contribution in [2.75, 3.05) is 6.54 Å². The Labute approximate surface area is 116 Å². The van der Waals surface area contributed by atoms with Crippen LogP contribution >= 0.6 is 0 Å². The summed E-state index contributed by atoms with van der Waals surface area (Å²) in [5.41, 5.74) is 4.52. The summed E-state index contributed by atoms with van der Waals surface area (Å²) in [4.78, 5) is 0. The minimum atomic E-state index is 0.649. The second kappa shape index (κ2) is 3.75. The summed E-state index contributed by atoms with van der Waals surface area (Å²) < 4.78 is 0. The van der Waals surface area contributed by atoms with Crippen molar-refractivity contribution in [1.29, 1.82) is 0 Å². The molecule has 102 valence electrons. The molecule has 1 nitrogen and oxygen atoms in total. The van der Waals surface area contributed by atoms with E-state index in [2.05, 4.69) is 17.5 Å². The lowest BCUT2D eigenvalue weighted by molar-refractivity contribution is 0.0317. The van der Waals surface area contributed by atoms with Crippen molar-refractivity contribution >= 4 is 0 Å². The lowest BCUT2D eigenvalue weighted by Crippen LogP contribution is -2.58. The summed E-state index contributed by atoms with van der Waals surface area (Å²) in [6, 6.07) is 0.820. The summed E-state index contributed by atoms with van der Waals surface area (Å²) in [6.45, 7) is 1.28. The standard InChI is InChI=1S/C18H25N/c1-2-8-18-9-10-19-17(16(18)3-1)11-14-13-6-4-12(13)5-7-15(14)18/h4,6,12-13,16-17,19H,1-3,5,7-11H2/t12?,13?,16-,17+,18-/m0/s1. The first kappa shape index (κ1) is 11.1. The molecule has 0 spiro atoms. The number of allylic oxidation sites excluding steroid dienone is 3. The third kappa shape index (κ3) is 1.31. The summed E-state index contributed by atoms with van der Waals surface area (Å²) in [7, 11) is 0. The van der Waals surface area contributed by atoms with Gasteiger partial charge in [0.2, 0.25) is 0 Å². The molecule has 1 N–H and O–H groups in total. The molecule has 5 aliphatic rings. The number of nitrogens with one attached hydrogen (secondary N) is 1. The second-order valence-corrected chi connectivity index (χ2v) is 7.64. The summed E-state index contributed by atoms with van der Waals surface area (Å²) >= 11 is 0. The monoisotopic (exact) mass is 255 g/mol. The maximum absolute atomic E-state index is 3.88. The molecule has 0 aromatic carbocycles. The molecule has 2 unspecified atom stereocenters. The van der Waals surface area contributed by atoms with Crippen LogP contribution in [0.1, 0.15) is 51.4 Å². The van der Waals surface area contributed by atoms with Gasteiger partial charge in [0.05, 0.1) is 0 Å². The maximum Gasteiger partial charge on any atom is 0.0141 e. The maximum atomic E-state index is 3.88. The van der Waals surface area contributed by atoms with Crippen molar-refractivity contribution in [3.8, 4) is 0 Å². The first-order valence-electron chi connectivity index (χ1n) is 8.53. The predicted octanol–water partition coefficient (Wildman–Crippen LogP) is 3.82. The molecule has 1 saturated heterocycles. The summed E-state index contributed by atoms with van der Waals surface area (Å²) in [5, 5.41) is 3.88. The molecule has 2 fully saturated rings. The van der Waals surface area contributed by atoms with Gasteiger partial charge in [-0.3, -0.25) is 0 Å². The van der Waals surface area contributed by atoms with Crippen molar-refractivity contribution in [2.24, 2.45) is 23.2 Å². The normalized spacial score (nSPS) is 50.9. The molecule has 0 aromatic rings. The topological polar surface area (TPSA) is 12.0 Å². The molecular formula is C18H25N. The van der Waals surface area contributed by atoms with Gasteiger partial charge in [-0.25, -0.2) is 0 Å². The molecule has 1 heterocycles. The number of rotatable bonds is 0. The fourth-order valence-electron chi connectivity index (χ4n) is 6.29. The Morgan fingerprint density at radius 1 is 1.11 bits per heavy atom. The molecule has 1 saturated carbocycles. The Kier molecular flexibility index (Phi) is 2.20. The third-order valence-corrected chi connectivity index (χ3v) is 7.15. The van der Waals surface area contributed by atoms with Gasteiger partial charge in [0, 0.05) is 12.0 Å². The smallest absolute Gasteiger partial charge is 0.0141 e. The van der Waals surface area contributed by atoms with E-state index >= 15 is 0 Å². The van der Waals surface area contributed by atoms with Gasteiger partial charge in [-0.05, 0) is 62.3 Å². The van der Waals surface area contributed by atoms with E-state index in [0.717, 1.165) is 23.8 Å². The number of hydrogen-bond acceptors (Lipinski definition) is 1. The average molecular weight is 255 g/mol. The van der Waals surface area contributed by atoms with E-state index in [1.54, 1.807) is 0 Å². The minimum Gasteiger partial charge on any atom is -0.313 e. The van der Waals surface area contributed by atoms with Crippen molar-refractivity contribution in [2.45, 2.75) is 57.4 Å². The Balaban J connectivity index is 1.66. The quantitative estimate of drug-likeness (QED) is 0.649. The summed E-state index contributed by atoms with van der Waals surface area (Å²) in [6.07, 6.45) is 16.7. The van der Waals surface area contributed by atoms with E-state index in [-0.39, 0.29) is 0 Å². The minimum absolute atomic E-state index is 0.649. The molecule has 0 radical (unpaired) electrons. The van der Waals surface area contributed by atoms with E-state index in [0.29, 0.717) is 5.41 Å². The zero-order valence-corrected chi connectivity index (χ0v) is 11.8. The number of piperidine rings is 1. The molecule has 0 amide bonds. The molecule has 1 aliphatic heterocycles. The van der Waals surface area contributed by atoms with E-state index in [4.69, 9.17) is 0 Å². The Morgan fingerprint density at radius 3 is 3.00 bits per heavy atom. The molecule has 5 rings (SSSR count). The SMILES string of the molecule is C1=CC2C3=C(CCC12)[C@@]12CCCC[C@H]1[C@@H](C3)NCC2. The highest BCUT2D eigenvalue weighted by Gasteiger charge is 2.54. The van der Waals surface area contributed by atoms with Crippen LogP contribution in [0.15, 0.2) is 23.3 Å². The van der Waals surface area contributed by atoms with Crippen LogP contribution in [0.5, 0.6) is 0 Å². The van der Waals surface area contributed by atoms with E-state index in [9.17, 15) is 0 Å². The molecule has 2 bridgehead atoms. The highest BCUT2D eigenvalue weighted by molar-refractivity contribution is 5.40. The lowest BCUT2D eigenvalue weighted by atomic mass is 9.48. The lowest BCUT2D eigenvalue weighted by Gasteiger charge is -2.59. The van der Waals surface area contributed by atoms with Crippen molar-refractivity contribution in [1.82, 2.24) is 5.32 Å². The van der Waals surface area contributed by atoms with Crippen LogP contribution in [0.2, 0.25) is 0 Å². The van der Waals surface area contributed by atoms with Gasteiger partial charge in [0.15, 0.2) is 0 Å². The van der Waals surface area contributed by atoms with Crippen LogP contribution in [0.4, 0.5) is 0 Å². The van der Waals surface area contributed by atoms with Gasteiger partial charge in [0.25, 0.3) is 0 Å². The highest BCUT2D eigenvalue weighted by Crippen LogP contribution is 2.62. The van der Waals surface area contributed by atoms with E-state index < -0.39 is 0 Å². The average Bonchev–Trinajstić information content (AvgIpc) is 2.40. The van der Waals surface area contributed by atoms with Gasteiger partial charge in [-0.2, -0.15) is 0 Å². The van der Waals surface area contributed by atoms with Crippen LogP contribution in [0.25, 0.3) is 0 Å². The van der Waals surface area contributed by atoms with Crippen LogP contribution in [-0.4, -0.2) is 12.6 Å². The van der Waals surface area contributed by atoms with Gasteiger partial charge in [0.1, 0.15) is 0 Å². The van der Waals surface area contributed by atoms with Crippen LogP contribution in [-0.2, 0) is 0 Å². The number of fused-ring (bicyclic) bond motifs is 2. The van der Waals surface area contributed by atoms with E-state index in [1.165, 1.54) is 57.9 Å². The molecule has 5 atom stereocenters. The first-order chi connectivity index (χ1) is 9.38. The van der Waals surface area contributed by atoms with Crippen LogP contribution in [0.3, 0.4) is 0 Å². The van der Waals surface area contributed by atoms with Crippen molar-refractivity contribution in [3.63, 3.8) is 0 Å². The first-order valence-corrected chi connectivity index (χ1v) is 8.53. The largest absolute Gasteiger partial charge is 0.313 e. The third-order valence-electron chi connectivity index (χ3n) is 7.15. The highest BCUT2D eigenvalue weighted by atomic mass is 15.0. The van der Waals surface area contributed by atoms with Crippen molar-refractivity contribution in [3.05, 3.63) is 23.3 Å². The van der Waals surface area contributed by atoms with Crippen molar-refractivity contribution < 1.29 is 0 Å². The Morgan fingerprint density at radius 2 is 2.11 bits per heavy atom. The Hall–Kier alpha value is -0.560. The van der Waals surface area contributed by atoms with E-state index in [1.807, 2.05) is 11.1 Å². The van der Waals surface area contributed by atoms with Crippen LogP contribution in [0, 0.1) is 23.2 Å². The van der Waals surface area contributed by atoms with Gasteiger partial charge in [-0.15, -0.1) is 0 Å². The summed E-state index contributed by atoms with van der Waals surface area (Å²) in [5.74, 6) is 2.75. The fraction of sp³-hybridized carbons (Fsp3) is 0.778. The van der Waals surface area contributed by atoms with Gasteiger partial charge in [-0.1, -0.05) is 36.1 Å². The predicted molar refractivity (Wildman–Crippen MR) is 77.8 cm³/mol. The number of hydrogen-bond donors (Lipinski definition) is 1. The molecule has 1 heteroatoms. The van der Waals surface area contributed by atoms with Gasteiger partial charge < -0.3 is 5.32 Å². The fourth-order valence-corrected chi connectivity index (χ4v) is 6.29. The van der Waals surface area contributed by atoms with Crippen LogP contribution < -0.4 is 5.32 Å². The van der Waals surface area contributed by atoms with Gasteiger partial charge >= 0.3 is 0 Å². The molecule has 0 aromatic heterocycles. The second-order valence-electron chi connectivity index (χ2n) is 7.64. The Bertz CT molecular complexity index is 470. The zero-order valence-electron chi connectivity index (χ0n) is 11.8. The molecule has 19 heavy (non-hydrogen) atoms. The zero-order chi connectivity index (χ0) is 12.4. The molecule has 4 aliphatic carbocycles. The molecular weight excluding hydrogens is 230 g/mol.